The third-order valence-electron chi connectivity index (χ3n) is 8.27. The predicted molar refractivity (Wildman–Crippen MR) is 163 cm³/mol. The first-order chi connectivity index (χ1) is 22.1. The van der Waals surface area contributed by atoms with Gasteiger partial charge in [0.2, 0.25) is 11.7 Å². The Balaban J connectivity index is 1.35. The van der Waals surface area contributed by atoms with Gasteiger partial charge in [0.1, 0.15) is 28.5 Å². The fourth-order valence-electron chi connectivity index (χ4n) is 5.77. The standard InChI is InChI=1S/C32H37F3N4O7S/c1-20(2)19-47(42,43)26-8-6-5-7-25(26)45-24-10-9-22(17-23(24)32(33,34)35)28-36-27(46-37-28)18-38-29(40)31(3,4)39(30(38)41)14-11-21-12-15-44-16-13-21/h5-10,17,20-21H,11-16,18-19H2,1-4H3. The maximum absolute atomic E-state index is 14.3. The number of aromatic nitrogens is 2. The van der Waals surface area contributed by atoms with E-state index in [0.717, 1.165) is 36.3 Å². The van der Waals surface area contributed by atoms with Crippen molar-refractivity contribution >= 4 is 21.8 Å². The molecule has 0 saturated carbocycles. The van der Waals surface area contributed by atoms with Crippen LogP contribution in [0.3, 0.4) is 0 Å². The van der Waals surface area contributed by atoms with Gasteiger partial charge in [-0.1, -0.05) is 31.1 Å². The summed E-state index contributed by atoms with van der Waals surface area (Å²) in [5, 5.41) is 3.79. The lowest BCUT2D eigenvalue weighted by atomic mass is 9.95. The summed E-state index contributed by atoms with van der Waals surface area (Å²) in [4.78, 5) is 33.0. The molecule has 3 aromatic rings. The fraction of sp³-hybridized carbons (Fsp3) is 0.500. The van der Waals surface area contributed by atoms with Crippen LogP contribution in [-0.2, 0) is 32.1 Å². The SMILES string of the molecule is CC(C)CS(=O)(=O)c1ccccc1Oc1ccc(-c2noc(CN3C(=O)N(CCC4CCOCC4)C(C)(C)C3=O)n2)cc1C(F)(F)F. The first kappa shape index (κ1) is 34.4. The Hall–Kier alpha value is -3.98. The summed E-state index contributed by atoms with van der Waals surface area (Å²) < 4.78 is 84.8. The molecule has 0 N–H and O–H groups in total. The number of rotatable bonds is 11. The molecule has 1 aromatic heterocycles. The van der Waals surface area contributed by atoms with Gasteiger partial charge in [-0.05, 0) is 75.3 Å². The number of sulfone groups is 1. The number of benzene rings is 2. The molecule has 5 rings (SSSR count). The number of carbonyl (C=O) groups excluding carboxylic acids is 2. The van der Waals surface area contributed by atoms with Crippen LogP contribution in [0, 0.1) is 11.8 Å². The molecule has 3 amide bonds. The van der Waals surface area contributed by atoms with Crippen LogP contribution in [-0.4, -0.2) is 71.3 Å². The Bertz CT molecular complexity index is 1730. The number of alkyl halides is 3. The molecule has 2 fully saturated rings. The Labute approximate surface area is 270 Å². The second kappa shape index (κ2) is 13.3. The molecule has 0 aliphatic carbocycles. The van der Waals surface area contributed by atoms with Crippen molar-refractivity contribution in [2.45, 2.75) is 70.1 Å². The molecule has 0 unspecified atom stereocenters. The largest absolute Gasteiger partial charge is 0.455 e. The van der Waals surface area contributed by atoms with E-state index in [1.807, 2.05) is 0 Å². The van der Waals surface area contributed by atoms with Crippen LogP contribution in [0.2, 0.25) is 0 Å². The highest BCUT2D eigenvalue weighted by atomic mass is 32.2. The molecule has 2 aliphatic rings. The van der Waals surface area contributed by atoms with Gasteiger partial charge in [0.25, 0.3) is 5.91 Å². The molecule has 0 atom stereocenters. The number of hydrogen-bond acceptors (Lipinski definition) is 9. The minimum absolute atomic E-state index is 0.0714. The van der Waals surface area contributed by atoms with E-state index in [2.05, 4.69) is 10.1 Å². The van der Waals surface area contributed by atoms with Crippen molar-refractivity contribution in [3.63, 3.8) is 0 Å². The first-order valence-electron chi connectivity index (χ1n) is 15.3. The van der Waals surface area contributed by atoms with Crippen LogP contribution in [0.5, 0.6) is 11.5 Å². The van der Waals surface area contributed by atoms with Crippen LogP contribution in [0.1, 0.15) is 58.4 Å². The van der Waals surface area contributed by atoms with Crippen molar-refractivity contribution in [3.05, 3.63) is 53.9 Å². The van der Waals surface area contributed by atoms with Crippen molar-refractivity contribution < 1.29 is 45.2 Å². The summed E-state index contributed by atoms with van der Waals surface area (Å²) in [5.41, 5.74) is -2.36. The zero-order valence-electron chi connectivity index (χ0n) is 26.5. The van der Waals surface area contributed by atoms with Crippen molar-refractivity contribution in [1.82, 2.24) is 19.9 Å². The molecule has 2 aromatic carbocycles. The van der Waals surface area contributed by atoms with Gasteiger partial charge in [-0.2, -0.15) is 18.2 Å². The lowest BCUT2D eigenvalue weighted by Crippen LogP contribution is -2.45. The van der Waals surface area contributed by atoms with Crippen LogP contribution in [0.15, 0.2) is 51.9 Å². The molecule has 15 heteroatoms. The number of amides is 3. The molecular weight excluding hydrogens is 641 g/mol. The summed E-state index contributed by atoms with van der Waals surface area (Å²) >= 11 is 0. The van der Waals surface area contributed by atoms with E-state index >= 15 is 0 Å². The van der Waals surface area contributed by atoms with Crippen LogP contribution >= 0.6 is 0 Å². The minimum Gasteiger partial charge on any atom is -0.455 e. The molecule has 254 valence electrons. The molecule has 2 aliphatic heterocycles. The van der Waals surface area contributed by atoms with E-state index in [1.165, 1.54) is 35.2 Å². The van der Waals surface area contributed by atoms with Gasteiger partial charge >= 0.3 is 12.2 Å². The number of nitrogens with zero attached hydrogens (tertiary/aromatic N) is 4. The second-order valence-corrected chi connectivity index (χ2v) is 14.7. The minimum atomic E-state index is -4.89. The van der Waals surface area contributed by atoms with Gasteiger partial charge in [-0.3, -0.25) is 9.69 Å². The van der Waals surface area contributed by atoms with E-state index in [4.69, 9.17) is 14.0 Å². The topological polar surface area (TPSA) is 132 Å². The molecule has 47 heavy (non-hydrogen) atoms. The number of carbonyl (C=O) groups is 2. The van der Waals surface area contributed by atoms with Gasteiger partial charge in [0.05, 0.1) is 11.3 Å². The van der Waals surface area contributed by atoms with Crippen molar-refractivity contribution in [2.75, 3.05) is 25.5 Å². The zero-order chi connectivity index (χ0) is 34.1. The number of ether oxygens (including phenoxy) is 2. The Morgan fingerprint density at radius 2 is 1.77 bits per heavy atom. The number of para-hydroxylation sites is 1. The molecular formula is C32H37F3N4O7S. The van der Waals surface area contributed by atoms with Crippen LogP contribution < -0.4 is 4.74 Å². The molecule has 0 radical (unpaired) electrons. The van der Waals surface area contributed by atoms with Crippen molar-refractivity contribution in [2.24, 2.45) is 11.8 Å². The quantitative estimate of drug-likeness (QED) is 0.213. The smallest absolute Gasteiger partial charge is 0.420 e. The Morgan fingerprint density at radius 3 is 2.45 bits per heavy atom. The van der Waals surface area contributed by atoms with Crippen LogP contribution in [0.4, 0.5) is 18.0 Å². The number of urea groups is 1. The second-order valence-electron chi connectivity index (χ2n) is 12.7. The van der Waals surface area contributed by atoms with E-state index in [9.17, 15) is 31.2 Å². The first-order valence-corrected chi connectivity index (χ1v) is 17.0. The van der Waals surface area contributed by atoms with Gasteiger partial charge in [0.15, 0.2) is 9.84 Å². The highest BCUT2D eigenvalue weighted by Gasteiger charge is 2.51. The third-order valence-corrected chi connectivity index (χ3v) is 10.4. The number of imide groups is 1. The summed E-state index contributed by atoms with van der Waals surface area (Å²) in [6, 6.07) is 8.10. The molecule has 11 nitrogen and oxygen atoms in total. The van der Waals surface area contributed by atoms with E-state index in [-0.39, 0.29) is 46.1 Å². The highest BCUT2D eigenvalue weighted by Crippen LogP contribution is 2.41. The number of hydrogen-bond donors (Lipinski definition) is 0. The molecule has 0 bridgehead atoms. The van der Waals surface area contributed by atoms with E-state index in [0.29, 0.717) is 25.7 Å². The van der Waals surface area contributed by atoms with Crippen LogP contribution in [0.25, 0.3) is 11.4 Å². The van der Waals surface area contributed by atoms with E-state index < -0.39 is 44.8 Å². The summed E-state index contributed by atoms with van der Waals surface area (Å²) in [7, 11) is -3.84. The van der Waals surface area contributed by atoms with Crippen molar-refractivity contribution in [3.8, 4) is 22.9 Å². The highest BCUT2D eigenvalue weighted by molar-refractivity contribution is 7.91. The third kappa shape index (κ3) is 7.45. The van der Waals surface area contributed by atoms with Crippen molar-refractivity contribution in [1.29, 1.82) is 0 Å². The normalized spacial score (nSPS) is 17.6. The summed E-state index contributed by atoms with van der Waals surface area (Å²) in [6.45, 7) is 8.14. The average Bonchev–Trinajstić information content (AvgIpc) is 3.53. The lowest BCUT2D eigenvalue weighted by Gasteiger charge is -2.30. The Kier molecular flexibility index (Phi) is 9.69. The van der Waals surface area contributed by atoms with E-state index in [1.54, 1.807) is 27.7 Å². The monoisotopic (exact) mass is 678 g/mol. The number of halogens is 3. The van der Waals surface area contributed by atoms with Gasteiger partial charge in [0, 0.05) is 25.3 Å². The summed E-state index contributed by atoms with van der Waals surface area (Å²) in [6.07, 6.45) is -2.38. The molecule has 0 spiro atoms. The fourth-order valence-corrected chi connectivity index (χ4v) is 7.53. The van der Waals surface area contributed by atoms with Gasteiger partial charge < -0.3 is 18.9 Å². The molecule has 3 heterocycles. The Morgan fingerprint density at radius 1 is 1.06 bits per heavy atom. The molecule has 2 saturated heterocycles. The zero-order valence-corrected chi connectivity index (χ0v) is 27.4. The van der Waals surface area contributed by atoms with Gasteiger partial charge in [-0.25, -0.2) is 13.2 Å². The maximum Gasteiger partial charge on any atom is 0.420 e. The van der Waals surface area contributed by atoms with Gasteiger partial charge in [-0.15, -0.1) is 0 Å². The lowest BCUT2D eigenvalue weighted by molar-refractivity contribution is -0.138. The summed E-state index contributed by atoms with van der Waals surface area (Å²) in [5.74, 6) is -1.68. The maximum atomic E-state index is 14.3. The predicted octanol–water partition coefficient (Wildman–Crippen LogP) is 6.34. The average molecular weight is 679 g/mol.